The van der Waals surface area contributed by atoms with Crippen molar-refractivity contribution >= 4 is 63.4 Å². The number of rotatable bonds is 4. The standard InChI is InChI=1S/C16H13Cl3N2OS/c1-8(10-4-3-9(17)7-12(10)19)20-14-11(18)5-6-13-15(14)22-16(21-13)23-2/h3-8,20H,1-2H3/t8-/m1/s1. The Kier molecular flexibility index (Phi) is 4.97. The van der Waals surface area contributed by atoms with E-state index in [9.17, 15) is 0 Å². The number of nitrogens with zero attached hydrogens (tertiary/aromatic N) is 1. The van der Waals surface area contributed by atoms with Gasteiger partial charge in [-0.3, -0.25) is 0 Å². The largest absolute Gasteiger partial charge is 0.429 e. The minimum absolute atomic E-state index is 0.0781. The molecule has 3 nitrogen and oxygen atoms in total. The van der Waals surface area contributed by atoms with Crippen molar-refractivity contribution in [2.75, 3.05) is 11.6 Å². The molecule has 2 aromatic carbocycles. The molecule has 3 rings (SSSR count). The molecule has 0 unspecified atom stereocenters. The fraction of sp³-hybridized carbons (Fsp3) is 0.188. The van der Waals surface area contributed by atoms with Crippen LogP contribution in [0.2, 0.25) is 15.1 Å². The highest BCUT2D eigenvalue weighted by Gasteiger charge is 2.17. The topological polar surface area (TPSA) is 38.1 Å². The van der Waals surface area contributed by atoms with E-state index in [1.807, 2.05) is 31.4 Å². The molecular formula is C16H13Cl3N2OS. The number of hydrogen-bond acceptors (Lipinski definition) is 4. The molecule has 120 valence electrons. The number of hydrogen-bond donors (Lipinski definition) is 1. The predicted molar refractivity (Wildman–Crippen MR) is 99.3 cm³/mol. The molecule has 3 aromatic rings. The van der Waals surface area contributed by atoms with Gasteiger partial charge in [0.05, 0.1) is 16.8 Å². The third-order valence-corrected chi connectivity index (χ3v) is 4.85. The van der Waals surface area contributed by atoms with Gasteiger partial charge >= 0.3 is 0 Å². The van der Waals surface area contributed by atoms with Crippen LogP contribution in [0, 0.1) is 0 Å². The Hall–Kier alpha value is -1.07. The van der Waals surface area contributed by atoms with Gasteiger partial charge in [-0.1, -0.05) is 52.6 Å². The highest BCUT2D eigenvalue weighted by Crippen LogP contribution is 2.37. The number of oxazole rings is 1. The highest BCUT2D eigenvalue weighted by molar-refractivity contribution is 7.98. The Balaban J connectivity index is 2.00. The number of aromatic nitrogens is 1. The van der Waals surface area contributed by atoms with Gasteiger partial charge in [0.15, 0.2) is 5.58 Å². The molecule has 1 heterocycles. The third-order valence-electron chi connectivity index (χ3n) is 3.45. The van der Waals surface area contributed by atoms with Crippen LogP contribution in [-0.4, -0.2) is 11.2 Å². The smallest absolute Gasteiger partial charge is 0.256 e. The second kappa shape index (κ2) is 6.81. The molecule has 23 heavy (non-hydrogen) atoms. The Bertz CT molecular complexity index is 866. The fourth-order valence-electron chi connectivity index (χ4n) is 2.32. The van der Waals surface area contributed by atoms with Gasteiger partial charge in [0.25, 0.3) is 5.22 Å². The van der Waals surface area contributed by atoms with Crippen LogP contribution in [0.1, 0.15) is 18.5 Å². The van der Waals surface area contributed by atoms with E-state index in [1.165, 1.54) is 11.8 Å². The summed E-state index contributed by atoms with van der Waals surface area (Å²) in [5.74, 6) is 0. The molecule has 0 radical (unpaired) electrons. The molecule has 0 aliphatic carbocycles. The Labute approximate surface area is 153 Å². The van der Waals surface area contributed by atoms with Crippen molar-refractivity contribution in [1.29, 1.82) is 0 Å². The number of nitrogens with one attached hydrogen (secondary N) is 1. The summed E-state index contributed by atoms with van der Waals surface area (Å²) in [6.45, 7) is 2.00. The maximum atomic E-state index is 6.34. The SMILES string of the molecule is CSc1nc2ccc(Cl)c(N[C@H](C)c3ccc(Cl)cc3Cl)c2o1. The summed E-state index contributed by atoms with van der Waals surface area (Å²) in [6, 6.07) is 8.99. The minimum Gasteiger partial charge on any atom is -0.429 e. The van der Waals surface area contributed by atoms with Gasteiger partial charge in [0, 0.05) is 10.0 Å². The first-order chi connectivity index (χ1) is 11.0. The molecule has 0 saturated heterocycles. The molecule has 0 bridgehead atoms. The lowest BCUT2D eigenvalue weighted by atomic mass is 10.1. The van der Waals surface area contributed by atoms with Gasteiger partial charge < -0.3 is 9.73 Å². The van der Waals surface area contributed by atoms with Gasteiger partial charge in [0.1, 0.15) is 5.52 Å². The molecular weight excluding hydrogens is 375 g/mol. The maximum Gasteiger partial charge on any atom is 0.256 e. The van der Waals surface area contributed by atoms with E-state index in [0.29, 0.717) is 31.6 Å². The lowest BCUT2D eigenvalue weighted by molar-refractivity contribution is 0.490. The first kappa shape index (κ1) is 16.8. The van der Waals surface area contributed by atoms with E-state index < -0.39 is 0 Å². The first-order valence-corrected chi connectivity index (χ1v) is 9.20. The van der Waals surface area contributed by atoms with E-state index >= 15 is 0 Å². The second-order valence-corrected chi connectivity index (χ2v) is 6.99. The number of anilines is 1. The molecule has 1 atom stereocenters. The van der Waals surface area contributed by atoms with Crippen LogP contribution in [0.4, 0.5) is 5.69 Å². The quantitative estimate of drug-likeness (QED) is 0.506. The summed E-state index contributed by atoms with van der Waals surface area (Å²) in [4.78, 5) is 4.40. The average Bonchev–Trinajstić information content (AvgIpc) is 2.93. The molecule has 1 N–H and O–H groups in total. The van der Waals surface area contributed by atoms with Crippen molar-refractivity contribution in [3.05, 3.63) is 51.0 Å². The first-order valence-electron chi connectivity index (χ1n) is 6.84. The van der Waals surface area contributed by atoms with E-state index in [4.69, 9.17) is 39.2 Å². The number of halogens is 3. The zero-order valence-corrected chi connectivity index (χ0v) is 15.4. The number of fused-ring (bicyclic) bond motifs is 1. The van der Waals surface area contributed by atoms with Crippen LogP contribution in [0.5, 0.6) is 0 Å². The lowest BCUT2D eigenvalue weighted by Gasteiger charge is -2.18. The van der Waals surface area contributed by atoms with Crippen LogP contribution in [0.25, 0.3) is 11.1 Å². The van der Waals surface area contributed by atoms with Crippen molar-refractivity contribution in [2.24, 2.45) is 0 Å². The van der Waals surface area contributed by atoms with E-state index in [0.717, 1.165) is 11.1 Å². The average molecular weight is 388 g/mol. The fourth-order valence-corrected chi connectivity index (χ4v) is 3.45. The Morgan fingerprint density at radius 3 is 2.61 bits per heavy atom. The van der Waals surface area contributed by atoms with Gasteiger partial charge in [-0.15, -0.1) is 0 Å². The van der Waals surface area contributed by atoms with E-state index in [-0.39, 0.29) is 6.04 Å². The lowest BCUT2D eigenvalue weighted by Crippen LogP contribution is -2.08. The molecule has 1 aromatic heterocycles. The van der Waals surface area contributed by atoms with Crippen molar-refractivity contribution in [3.63, 3.8) is 0 Å². The monoisotopic (exact) mass is 386 g/mol. The van der Waals surface area contributed by atoms with Crippen molar-refractivity contribution in [2.45, 2.75) is 18.2 Å². The molecule has 7 heteroatoms. The van der Waals surface area contributed by atoms with Crippen LogP contribution in [0.15, 0.2) is 40.0 Å². The van der Waals surface area contributed by atoms with Gasteiger partial charge in [-0.05, 0) is 43.0 Å². The minimum atomic E-state index is -0.0781. The van der Waals surface area contributed by atoms with Gasteiger partial charge in [0.2, 0.25) is 0 Å². The summed E-state index contributed by atoms with van der Waals surface area (Å²) in [6.07, 6.45) is 1.91. The Morgan fingerprint density at radius 1 is 1.13 bits per heavy atom. The summed E-state index contributed by atoms with van der Waals surface area (Å²) in [5.41, 5.74) is 3.03. The van der Waals surface area contributed by atoms with Crippen molar-refractivity contribution < 1.29 is 4.42 Å². The summed E-state index contributed by atoms with van der Waals surface area (Å²) >= 11 is 20.0. The van der Waals surface area contributed by atoms with Crippen molar-refractivity contribution in [1.82, 2.24) is 4.98 Å². The summed E-state index contributed by atoms with van der Waals surface area (Å²) in [7, 11) is 0. The molecule has 0 saturated carbocycles. The zero-order valence-electron chi connectivity index (χ0n) is 12.4. The van der Waals surface area contributed by atoms with Gasteiger partial charge in [-0.25, -0.2) is 4.98 Å². The predicted octanol–water partition coefficient (Wildman–Crippen LogP) is 6.68. The van der Waals surface area contributed by atoms with E-state index in [1.54, 1.807) is 12.1 Å². The molecule has 0 fully saturated rings. The maximum absolute atomic E-state index is 6.34. The Morgan fingerprint density at radius 2 is 1.91 bits per heavy atom. The van der Waals surface area contributed by atoms with Gasteiger partial charge in [-0.2, -0.15) is 0 Å². The zero-order chi connectivity index (χ0) is 16.6. The van der Waals surface area contributed by atoms with E-state index in [2.05, 4.69) is 10.3 Å². The second-order valence-electron chi connectivity index (χ2n) is 4.99. The van der Waals surface area contributed by atoms with Crippen LogP contribution in [0.3, 0.4) is 0 Å². The number of thioether (sulfide) groups is 1. The number of benzene rings is 2. The van der Waals surface area contributed by atoms with Crippen molar-refractivity contribution in [3.8, 4) is 0 Å². The molecule has 0 amide bonds. The normalized spacial score (nSPS) is 12.6. The van der Waals surface area contributed by atoms with Crippen LogP contribution < -0.4 is 5.32 Å². The van der Waals surface area contributed by atoms with Crippen LogP contribution in [-0.2, 0) is 0 Å². The third kappa shape index (κ3) is 3.41. The molecule has 0 aliphatic heterocycles. The van der Waals surface area contributed by atoms with Crippen LogP contribution >= 0.6 is 46.6 Å². The summed E-state index contributed by atoms with van der Waals surface area (Å²) in [5, 5.41) is 5.73. The molecule has 0 aliphatic rings. The highest BCUT2D eigenvalue weighted by atomic mass is 35.5. The summed E-state index contributed by atoms with van der Waals surface area (Å²) < 4.78 is 5.77. The molecule has 0 spiro atoms.